The normalized spacial score (nSPS) is 10.4. The molecule has 0 spiro atoms. The van der Waals surface area contributed by atoms with Gasteiger partial charge in [-0.1, -0.05) is 30.3 Å². The van der Waals surface area contributed by atoms with E-state index in [0.717, 1.165) is 5.56 Å². The van der Waals surface area contributed by atoms with Gasteiger partial charge < -0.3 is 16.0 Å². The van der Waals surface area contributed by atoms with Crippen molar-refractivity contribution in [1.82, 2.24) is 5.32 Å². The van der Waals surface area contributed by atoms with Crippen LogP contribution in [0.15, 0.2) is 78.9 Å². The summed E-state index contributed by atoms with van der Waals surface area (Å²) in [6.45, 7) is 3.83. The van der Waals surface area contributed by atoms with Crippen LogP contribution in [0.25, 0.3) is 0 Å². The van der Waals surface area contributed by atoms with E-state index in [9.17, 15) is 14.4 Å². The van der Waals surface area contributed by atoms with Gasteiger partial charge in [-0.25, -0.2) is 0 Å². The van der Waals surface area contributed by atoms with Crippen LogP contribution in [0.3, 0.4) is 0 Å². The molecule has 0 unspecified atom stereocenters. The summed E-state index contributed by atoms with van der Waals surface area (Å²) in [6, 6.07) is 22.9. The van der Waals surface area contributed by atoms with Crippen molar-refractivity contribution in [1.29, 1.82) is 0 Å². The Morgan fingerprint density at radius 3 is 1.68 bits per heavy atom. The van der Waals surface area contributed by atoms with Crippen LogP contribution in [0, 0.1) is 0 Å². The molecule has 31 heavy (non-hydrogen) atoms. The zero-order chi connectivity index (χ0) is 22.2. The van der Waals surface area contributed by atoms with E-state index in [0.29, 0.717) is 28.9 Å². The van der Waals surface area contributed by atoms with E-state index >= 15 is 0 Å². The highest BCUT2D eigenvalue weighted by atomic mass is 16.2. The Labute approximate surface area is 181 Å². The molecule has 3 rings (SSSR count). The van der Waals surface area contributed by atoms with Gasteiger partial charge in [0.15, 0.2) is 0 Å². The van der Waals surface area contributed by atoms with Gasteiger partial charge in [-0.15, -0.1) is 0 Å². The summed E-state index contributed by atoms with van der Waals surface area (Å²) in [5, 5.41) is 8.48. The molecule has 0 aliphatic heterocycles. The van der Waals surface area contributed by atoms with Gasteiger partial charge in [0, 0.05) is 28.5 Å². The van der Waals surface area contributed by atoms with E-state index in [4.69, 9.17) is 0 Å². The topological polar surface area (TPSA) is 87.3 Å². The highest BCUT2D eigenvalue weighted by Gasteiger charge is 2.09. The van der Waals surface area contributed by atoms with Gasteiger partial charge in [0.1, 0.15) is 0 Å². The molecule has 3 amide bonds. The van der Waals surface area contributed by atoms with Crippen molar-refractivity contribution in [3.05, 3.63) is 95.6 Å². The Morgan fingerprint density at radius 2 is 1.16 bits per heavy atom. The zero-order valence-corrected chi connectivity index (χ0v) is 17.5. The Balaban J connectivity index is 1.55. The molecule has 3 aromatic rings. The third kappa shape index (κ3) is 6.54. The van der Waals surface area contributed by atoms with Crippen molar-refractivity contribution in [2.24, 2.45) is 0 Å². The van der Waals surface area contributed by atoms with Crippen molar-refractivity contribution in [2.75, 3.05) is 10.6 Å². The van der Waals surface area contributed by atoms with E-state index < -0.39 is 0 Å². The third-order valence-corrected chi connectivity index (χ3v) is 4.47. The molecule has 3 N–H and O–H groups in total. The summed E-state index contributed by atoms with van der Waals surface area (Å²) in [5.41, 5.74) is 3.15. The molecule has 0 saturated carbocycles. The maximum absolute atomic E-state index is 12.5. The molecule has 0 bridgehead atoms. The quantitative estimate of drug-likeness (QED) is 0.539. The standard InChI is InChI=1S/C25H25N3O3/c1-17(2)26-23(29)16-18-8-12-21(13-9-18)27-25(31)20-10-14-22(15-11-20)28-24(30)19-6-4-3-5-7-19/h3-15,17H,16H2,1-2H3,(H,26,29)(H,27,31)(H,28,30). The largest absolute Gasteiger partial charge is 0.354 e. The number of amides is 3. The second-order valence-electron chi connectivity index (χ2n) is 7.45. The molecule has 0 atom stereocenters. The van der Waals surface area contributed by atoms with Crippen LogP contribution in [0.4, 0.5) is 11.4 Å². The number of benzene rings is 3. The minimum atomic E-state index is -0.258. The molecular formula is C25H25N3O3. The fraction of sp³-hybridized carbons (Fsp3) is 0.160. The van der Waals surface area contributed by atoms with Crippen LogP contribution in [-0.4, -0.2) is 23.8 Å². The minimum absolute atomic E-state index is 0.0359. The Bertz CT molecular complexity index is 1040. The van der Waals surface area contributed by atoms with E-state index in [1.807, 2.05) is 32.0 Å². The first kappa shape index (κ1) is 21.8. The zero-order valence-electron chi connectivity index (χ0n) is 17.5. The molecule has 0 saturated heterocycles. The fourth-order valence-corrected chi connectivity index (χ4v) is 2.97. The van der Waals surface area contributed by atoms with Crippen LogP contribution < -0.4 is 16.0 Å². The van der Waals surface area contributed by atoms with Crippen molar-refractivity contribution in [2.45, 2.75) is 26.3 Å². The first-order valence-electron chi connectivity index (χ1n) is 10.1. The maximum atomic E-state index is 12.5. The molecule has 6 heteroatoms. The van der Waals surface area contributed by atoms with Crippen LogP contribution >= 0.6 is 0 Å². The smallest absolute Gasteiger partial charge is 0.255 e. The summed E-state index contributed by atoms with van der Waals surface area (Å²) in [7, 11) is 0. The van der Waals surface area contributed by atoms with Gasteiger partial charge in [0.05, 0.1) is 6.42 Å². The Kier molecular flexibility index (Phi) is 7.17. The second-order valence-corrected chi connectivity index (χ2v) is 7.45. The molecule has 0 fully saturated rings. The number of rotatable bonds is 7. The van der Waals surface area contributed by atoms with Crippen molar-refractivity contribution >= 4 is 29.1 Å². The number of hydrogen-bond donors (Lipinski definition) is 3. The summed E-state index contributed by atoms with van der Waals surface area (Å²) in [4.78, 5) is 36.5. The number of carbonyl (C=O) groups is 3. The summed E-state index contributed by atoms with van der Waals surface area (Å²) < 4.78 is 0. The maximum Gasteiger partial charge on any atom is 0.255 e. The average molecular weight is 415 g/mol. The van der Waals surface area contributed by atoms with Crippen molar-refractivity contribution < 1.29 is 14.4 Å². The van der Waals surface area contributed by atoms with Crippen LogP contribution in [0.5, 0.6) is 0 Å². The molecule has 6 nitrogen and oxygen atoms in total. The predicted octanol–water partition coefficient (Wildman–Crippen LogP) is 4.26. The van der Waals surface area contributed by atoms with Crippen LogP contribution in [0.2, 0.25) is 0 Å². The minimum Gasteiger partial charge on any atom is -0.354 e. The van der Waals surface area contributed by atoms with E-state index in [-0.39, 0.29) is 23.8 Å². The lowest BCUT2D eigenvalue weighted by molar-refractivity contribution is -0.120. The van der Waals surface area contributed by atoms with Crippen molar-refractivity contribution in [3.63, 3.8) is 0 Å². The lowest BCUT2D eigenvalue weighted by Crippen LogP contribution is -2.31. The van der Waals surface area contributed by atoms with Gasteiger partial charge >= 0.3 is 0 Å². The monoisotopic (exact) mass is 415 g/mol. The molecule has 0 aliphatic rings. The number of hydrogen-bond acceptors (Lipinski definition) is 3. The average Bonchev–Trinajstić information content (AvgIpc) is 2.75. The van der Waals surface area contributed by atoms with E-state index in [2.05, 4.69) is 16.0 Å². The molecule has 0 aliphatic carbocycles. The molecule has 0 radical (unpaired) electrons. The number of nitrogens with one attached hydrogen (secondary N) is 3. The second kappa shape index (κ2) is 10.2. The summed E-state index contributed by atoms with van der Waals surface area (Å²) >= 11 is 0. The Hall–Kier alpha value is -3.93. The summed E-state index contributed by atoms with van der Waals surface area (Å²) in [5.74, 6) is -0.502. The van der Waals surface area contributed by atoms with Gasteiger partial charge in [-0.3, -0.25) is 14.4 Å². The van der Waals surface area contributed by atoms with Crippen LogP contribution in [0.1, 0.15) is 40.1 Å². The molecule has 0 heterocycles. The van der Waals surface area contributed by atoms with E-state index in [1.165, 1.54) is 0 Å². The highest BCUT2D eigenvalue weighted by molar-refractivity contribution is 6.06. The fourth-order valence-electron chi connectivity index (χ4n) is 2.97. The number of anilines is 2. The van der Waals surface area contributed by atoms with E-state index in [1.54, 1.807) is 60.7 Å². The molecule has 0 aromatic heterocycles. The van der Waals surface area contributed by atoms with Gasteiger partial charge in [-0.2, -0.15) is 0 Å². The summed E-state index contributed by atoms with van der Waals surface area (Å²) in [6.07, 6.45) is 0.294. The lowest BCUT2D eigenvalue weighted by atomic mass is 10.1. The predicted molar refractivity (Wildman–Crippen MR) is 122 cm³/mol. The lowest BCUT2D eigenvalue weighted by Gasteiger charge is -2.10. The Morgan fingerprint density at radius 1 is 0.677 bits per heavy atom. The van der Waals surface area contributed by atoms with Crippen molar-refractivity contribution in [3.8, 4) is 0 Å². The van der Waals surface area contributed by atoms with Gasteiger partial charge in [0.25, 0.3) is 11.8 Å². The highest BCUT2D eigenvalue weighted by Crippen LogP contribution is 2.15. The van der Waals surface area contributed by atoms with Gasteiger partial charge in [-0.05, 0) is 67.9 Å². The first-order chi connectivity index (χ1) is 14.9. The SMILES string of the molecule is CC(C)NC(=O)Cc1ccc(NC(=O)c2ccc(NC(=O)c3ccccc3)cc2)cc1. The third-order valence-electron chi connectivity index (χ3n) is 4.47. The van der Waals surface area contributed by atoms with Gasteiger partial charge in [0.2, 0.25) is 5.91 Å². The molecule has 158 valence electrons. The molecular weight excluding hydrogens is 390 g/mol. The molecule has 3 aromatic carbocycles. The van der Waals surface area contributed by atoms with Crippen LogP contribution in [-0.2, 0) is 11.2 Å². The number of carbonyl (C=O) groups excluding carboxylic acids is 3. The first-order valence-corrected chi connectivity index (χ1v) is 10.1.